The lowest BCUT2D eigenvalue weighted by Crippen LogP contribution is -2.05. The summed E-state index contributed by atoms with van der Waals surface area (Å²) >= 11 is 6.08. The minimum Gasteiger partial charge on any atom is -0.493 e. The van der Waals surface area contributed by atoms with Crippen LogP contribution >= 0.6 is 11.6 Å². The Morgan fingerprint density at radius 3 is 2.44 bits per heavy atom. The molecule has 88 valence electrons. The molecule has 0 radical (unpaired) electrons. The standard InChI is InChI=1S/C11H13ClO4/c1-14-8-5-4-7(6-9(13)15-2)10(12)11(8)16-3/h4-5H,6H2,1-3H3. The van der Waals surface area contributed by atoms with Crippen LogP contribution in [0.3, 0.4) is 0 Å². The molecular weight excluding hydrogens is 232 g/mol. The van der Waals surface area contributed by atoms with E-state index in [0.717, 1.165) is 0 Å². The highest BCUT2D eigenvalue weighted by Crippen LogP contribution is 2.37. The van der Waals surface area contributed by atoms with Crippen LogP contribution in [0.4, 0.5) is 0 Å². The summed E-state index contributed by atoms with van der Waals surface area (Å²) in [7, 11) is 4.34. The lowest BCUT2D eigenvalue weighted by molar-refractivity contribution is -0.139. The zero-order chi connectivity index (χ0) is 12.1. The molecule has 1 aromatic rings. The Labute approximate surface area is 99.1 Å². The number of hydrogen-bond acceptors (Lipinski definition) is 4. The van der Waals surface area contributed by atoms with E-state index < -0.39 is 0 Å². The molecule has 1 aromatic carbocycles. The second-order valence-electron chi connectivity index (χ2n) is 3.03. The van der Waals surface area contributed by atoms with Crippen LogP contribution in [0.15, 0.2) is 12.1 Å². The Bertz CT molecular complexity index is 390. The van der Waals surface area contributed by atoms with Crippen molar-refractivity contribution in [3.8, 4) is 11.5 Å². The van der Waals surface area contributed by atoms with Gasteiger partial charge in [0.1, 0.15) is 0 Å². The summed E-state index contributed by atoms with van der Waals surface area (Å²) < 4.78 is 14.8. The third-order valence-corrected chi connectivity index (χ3v) is 2.54. The number of benzene rings is 1. The number of carbonyl (C=O) groups excluding carboxylic acids is 1. The fourth-order valence-corrected chi connectivity index (χ4v) is 1.59. The number of carbonyl (C=O) groups is 1. The summed E-state index contributed by atoms with van der Waals surface area (Å²) in [4.78, 5) is 11.1. The molecule has 0 fully saturated rings. The van der Waals surface area contributed by atoms with E-state index in [9.17, 15) is 4.79 Å². The number of hydrogen-bond donors (Lipinski definition) is 0. The Balaban J connectivity index is 3.08. The normalized spacial score (nSPS) is 9.75. The first kappa shape index (κ1) is 12.6. The molecule has 0 aliphatic heterocycles. The van der Waals surface area contributed by atoms with Gasteiger partial charge < -0.3 is 14.2 Å². The fourth-order valence-electron chi connectivity index (χ4n) is 1.29. The molecule has 0 spiro atoms. The first-order chi connectivity index (χ1) is 7.63. The molecule has 0 aromatic heterocycles. The van der Waals surface area contributed by atoms with Gasteiger partial charge >= 0.3 is 5.97 Å². The van der Waals surface area contributed by atoms with E-state index in [2.05, 4.69) is 4.74 Å². The minimum absolute atomic E-state index is 0.107. The molecular formula is C11H13ClO4. The van der Waals surface area contributed by atoms with Gasteiger partial charge in [0.05, 0.1) is 32.8 Å². The van der Waals surface area contributed by atoms with Crippen molar-refractivity contribution in [2.75, 3.05) is 21.3 Å². The maximum absolute atomic E-state index is 11.1. The molecule has 0 N–H and O–H groups in total. The minimum atomic E-state index is -0.353. The number of methoxy groups -OCH3 is 3. The molecule has 0 saturated carbocycles. The number of ether oxygens (including phenoxy) is 3. The van der Waals surface area contributed by atoms with Gasteiger partial charge in [0.25, 0.3) is 0 Å². The third-order valence-electron chi connectivity index (χ3n) is 2.13. The van der Waals surface area contributed by atoms with Gasteiger partial charge in [-0.1, -0.05) is 17.7 Å². The maximum atomic E-state index is 11.1. The fraction of sp³-hybridized carbons (Fsp3) is 0.364. The van der Waals surface area contributed by atoms with E-state index in [1.54, 1.807) is 12.1 Å². The molecule has 0 saturated heterocycles. The summed E-state index contributed by atoms with van der Waals surface area (Å²) in [5, 5.41) is 0.368. The molecule has 0 unspecified atom stereocenters. The molecule has 5 heteroatoms. The van der Waals surface area contributed by atoms with Gasteiger partial charge in [0.2, 0.25) is 0 Å². The van der Waals surface area contributed by atoms with E-state index in [1.807, 2.05) is 0 Å². The van der Waals surface area contributed by atoms with Crippen molar-refractivity contribution in [2.45, 2.75) is 6.42 Å². The van der Waals surface area contributed by atoms with E-state index in [-0.39, 0.29) is 12.4 Å². The molecule has 0 bridgehead atoms. The van der Waals surface area contributed by atoms with Gasteiger partial charge in [-0.2, -0.15) is 0 Å². The zero-order valence-corrected chi connectivity index (χ0v) is 10.1. The summed E-state index contributed by atoms with van der Waals surface area (Å²) in [6.07, 6.45) is 0.107. The molecule has 1 rings (SSSR count). The number of esters is 1. The average Bonchev–Trinajstić information content (AvgIpc) is 2.31. The van der Waals surface area contributed by atoms with Crippen molar-refractivity contribution < 1.29 is 19.0 Å². The van der Waals surface area contributed by atoms with Gasteiger partial charge in [-0.15, -0.1) is 0 Å². The molecule has 4 nitrogen and oxygen atoms in total. The van der Waals surface area contributed by atoms with Crippen molar-refractivity contribution in [3.63, 3.8) is 0 Å². The summed E-state index contributed by atoms with van der Waals surface area (Å²) in [5.41, 5.74) is 0.645. The Kier molecular flexibility index (Phi) is 4.43. The van der Waals surface area contributed by atoms with Crippen LogP contribution < -0.4 is 9.47 Å². The third kappa shape index (κ3) is 2.58. The van der Waals surface area contributed by atoms with Gasteiger partial charge in [-0.05, 0) is 11.6 Å². The van der Waals surface area contributed by atoms with E-state index in [1.165, 1.54) is 21.3 Å². The highest BCUT2D eigenvalue weighted by molar-refractivity contribution is 6.33. The van der Waals surface area contributed by atoms with Gasteiger partial charge in [0, 0.05) is 0 Å². The Hall–Kier alpha value is -1.42. The highest BCUT2D eigenvalue weighted by atomic mass is 35.5. The second kappa shape index (κ2) is 5.61. The molecule has 0 heterocycles. The lowest BCUT2D eigenvalue weighted by atomic mass is 10.1. The van der Waals surface area contributed by atoms with Crippen LogP contribution in [0.5, 0.6) is 11.5 Å². The monoisotopic (exact) mass is 244 g/mol. The van der Waals surface area contributed by atoms with E-state index >= 15 is 0 Å². The maximum Gasteiger partial charge on any atom is 0.310 e. The molecule has 0 aliphatic rings. The van der Waals surface area contributed by atoms with Gasteiger partial charge in [-0.25, -0.2) is 0 Å². The number of rotatable bonds is 4. The first-order valence-electron chi connectivity index (χ1n) is 4.60. The summed E-state index contributed by atoms with van der Waals surface area (Å²) in [6, 6.07) is 3.41. The Morgan fingerprint density at radius 1 is 1.25 bits per heavy atom. The topological polar surface area (TPSA) is 44.8 Å². The quantitative estimate of drug-likeness (QED) is 0.761. The van der Waals surface area contributed by atoms with Crippen LogP contribution in [-0.4, -0.2) is 27.3 Å². The highest BCUT2D eigenvalue weighted by Gasteiger charge is 2.15. The zero-order valence-electron chi connectivity index (χ0n) is 9.37. The van der Waals surface area contributed by atoms with Crippen molar-refractivity contribution in [1.82, 2.24) is 0 Å². The summed E-state index contributed by atoms with van der Waals surface area (Å²) in [6.45, 7) is 0. The van der Waals surface area contributed by atoms with Crippen LogP contribution in [0.25, 0.3) is 0 Å². The molecule has 0 atom stereocenters. The van der Waals surface area contributed by atoms with Crippen LogP contribution in [-0.2, 0) is 16.0 Å². The van der Waals surface area contributed by atoms with Crippen LogP contribution in [0.2, 0.25) is 5.02 Å². The van der Waals surface area contributed by atoms with Crippen molar-refractivity contribution in [2.24, 2.45) is 0 Å². The van der Waals surface area contributed by atoms with Gasteiger partial charge in [-0.3, -0.25) is 4.79 Å². The molecule has 0 aliphatic carbocycles. The predicted octanol–water partition coefficient (Wildman–Crippen LogP) is 2.07. The molecule has 0 amide bonds. The van der Waals surface area contributed by atoms with Crippen LogP contribution in [0.1, 0.15) is 5.56 Å². The largest absolute Gasteiger partial charge is 0.493 e. The number of halogens is 1. The van der Waals surface area contributed by atoms with Gasteiger partial charge in [0.15, 0.2) is 11.5 Å². The average molecular weight is 245 g/mol. The van der Waals surface area contributed by atoms with Crippen molar-refractivity contribution in [3.05, 3.63) is 22.7 Å². The SMILES string of the molecule is COC(=O)Cc1ccc(OC)c(OC)c1Cl. The van der Waals surface area contributed by atoms with E-state index in [4.69, 9.17) is 21.1 Å². The second-order valence-corrected chi connectivity index (χ2v) is 3.41. The predicted molar refractivity (Wildman–Crippen MR) is 60.3 cm³/mol. The van der Waals surface area contributed by atoms with Crippen molar-refractivity contribution >= 4 is 17.6 Å². The van der Waals surface area contributed by atoms with E-state index in [0.29, 0.717) is 22.1 Å². The molecule has 16 heavy (non-hydrogen) atoms. The lowest BCUT2D eigenvalue weighted by Gasteiger charge is -2.12. The first-order valence-corrected chi connectivity index (χ1v) is 4.98. The van der Waals surface area contributed by atoms with Crippen molar-refractivity contribution in [1.29, 1.82) is 0 Å². The summed E-state index contributed by atoms with van der Waals surface area (Å²) in [5.74, 6) is 0.598. The Morgan fingerprint density at radius 2 is 1.94 bits per heavy atom. The van der Waals surface area contributed by atoms with Crippen LogP contribution in [0, 0.1) is 0 Å². The smallest absolute Gasteiger partial charge is 0.310 e.